The summed E-state index contributed by atoms with van der Waals surface area (Å²) in [6.07, 6.45) is 0.299. The van der Waals surface area contributed by atoms with Crippen molar-refractivity contribution in [1.29, 1.82) is 5.41 Å². The molecule has 1 unspecified atom stereocenters. The van der Waals surface area contributed by atoms with Gasteiger partial charge in [-0.15, -0.1) is 0 Å². The SMILES string of the molecule is N=CC(CCCP(=O)(O)O)OO. The molecule has 4 N–H and O–H groups in total. The van der Waals surface area contributed by atoms with Crippen LogP contribution in [-0.2, 0) is 9.45 Å². The average molecular weight is 197 g/mol. The van der Waals surface area contributed by atoms with Crippen LogP contribution in [0.5, 0.6) is 0 Å². The topological polar surface area (TPSA) is 111 Å². The Balaban J connectivity index is 3.55. The summed E-state index contributed by atoms with van der Waals surface area (Å²) in [5.74, 6) is 0. The molecule has 0 rings (SSSR count). The summed E-state index contributed by atoms with van der Waals surface area (Å²) in [6.45, 7) is 0. The highest BCUT2D eigenvalue weighted by Crippen LogP contribution is 2.35. The van der Waals surface area contributed by atoms with E-state index in [4.69, 9.17) is 20.5 Å². The molecule has 6 nitrogen and oxygen atoms in total. The van der Waals surface area contributed by atoms with E-state index in [0.29, 0.717) is 0 Å². The van der Waals surface area contributed by atoms with Gasteiger partial charge in [-0.05, 0) is 12.8 Å². The molecule has 0 aliphatic carbocycles. The van der Waals surface area contributed by atoms with Crippen molar-refractivity contribution in [2.75, 3.05) is 6.16 Å². The Morgan fingerprint density at radius 3 is 2.50 bits per heavy atom. The van der Waals surface area contributed by atoms with Gasteiger partial charge in [0.1, 0.15) is 6.10 Å². The average Bonchev–Trinajstić information content (AvgIpc) is 1.96. The highest BCUT2D eigenvalue weighted by molar-refractivity contribution is 7.51. The third kappa shape index (κ3) is 6.45. The lowest BCUT2D eigenvalue weighted by molar-refractivity contribution is -0.260. The Hall–Kier alpha value is -0.260. The first kappa shape index (κ1) is 11.7. The molecule has 0 saturated heterocycles. The quantitative estimate of drug-likeness (QED) is 0.214. The van der Waals surface area contributed by atoms with Crippen LogP contribution in [0.4, 0.5) is 0 Å². The monoisotopic (exact) mass is 197 g/mol. The largest absolute Gasteiger partial charge is 0.325 e. The minimum Gasteiger partial charge on any atom is -0.324 e. The Morgan fingerprint density at radius 2 is 2.17 bits per heavy atom. The zero-order valence-electron chi connectivity index (χ0n) is 6.38. The molecular formula is C5H12NO5P. The number of hydrogen-bond donors (Lipinski definition) is 4. The van der Waals surface area contributed by atoms with Gasteiger partial charge in [0.05, 0.1) is 0 Å². The van der Waals surface area contributed by atoms with Crippen LogP contribution >= 0.6 is 7.60 Å². The van der Waals surface area contributed by atoms with Gasteiger partial charge in [0.25, 0.3) is 0 Å². The molecular weight excluding hydrogens is 185 g/mol. The van der Waals surface area contributed by atoms with E-state index in [1.165, 1.54) is 0 Å². The summed E-state index contributed by atoms with van der Waals surface area (Å²) in [7, 11) is -3.96. The summed E-state index contributed by atoms with van der Waals surface area (Å²) < 4.78 is 10.3. The van der Waals surface area contributed by atoms with E-state index in [1.54, 1.807) is 0 Å². The standard InChI is InChI=1S/C5H12NO5P/c6-4-5(11-7)2-1-3-12(8,9)10/h4-7H,1-3H2,(H2,8,9,10). The molecule has 0 aliphatic heterocycles. The van der Waals surface area contributed by atoms with Gasteiger partial charge in [-0.2, -0.15) is 0 Å². The molecule has 0 aliphatic rings. The van der Waals surface area contributed by atoms with Crippen molar-refractivity contribution in [3.8, 4) is 0 Å². The first-order valence-electron chi connectivity index (χ1n) is 3.35. The van der Waals surface area contributed by atoms with Crippen LogP contribution in [0.3, 0.4) is 0 Å². The Morgan fingerprint density at radius 1 is 1.58 bits per heavy atom. The molecule has 0 saturated carbocycles. The molecule has 0 aromatic heterocycles. The summed E-state index contributed by atoms with van der Waals surface area (Å²) in [5, 5.41) is 14.8. The molecule has 0 aromatic carbocycles. The predicted molar refractivity (Wildman–Crippen MR) is 42.4 cm³/mol. The van der Waals surface area contributed by atoms with E-state index >= 15 is 0 Å². The van der Waals surface area contributed by atoms with Gasteiger partial charge in [-0.3, -0.25) is 9.82 Å². The van der Waals surface area contributed by atoms with Crippen LogP contribution in [0.15, 0.2) is 0 Å². The van der Waals surface area contributed by atoms with Crippen molar-refractivity contribution in [1.82, 2.24) is 0 Å². The third-order valence-corrected chi connectivity index (χ3v) is 2.16. The van der Waals surface area contributed by atoms with E-state index < -0.39 is 13.7 Å². The van der Waals surface area contributed by atoms with E-state index in [1.807, 2.05) is 0 Å². The third-order valence-electron chi connectivity index (χ3n) is 1.26. The Bertz CT molecular complexity index is 179. The molecule has 0 fully saturated rings. The maximum atomic E-state index is 10.3. The second-order valence-corrected chi connectivity index (χ2v) is 4.12. The molecule has 0 aromatic rings. The van der Waals surface area contributed by atoms with Crippen molar-refractivity contribution in [2.45, 2.75) is 18.9 Å². The fourth-order valence-corrected chi connectivity index (χ4v) is 1.26. The van der Waals surface area contributed by atoms with Crippen LogP contribution in [0.1, 0.15) is 12.8 Å². The van der Waals surface area contributed by atoms with Crippen molar-refractivity contribution < 1.29 is 24.5 Å². The molecule has 12 heavy (non-hydrogen) atoms. The highest BCUT2D eigenvalue weighted by Gasteiger charge is 2.13. The first-order chi connectivity index (χ1) is 5.49. The predicted octanol–water partition coefficient (Wildman–Crippen LogP) is 0.452. The summed E-state index contributed by atoms with van der Waals surface area (Å²) in [6, 6.07) is 0. The highest BCUT2D eigenvalue weighted by atomic mass is 31.2. The lowest BCUT2D eigenvalue weighted by atomic mass is 10.2. The lowest BCUT2D eigenvalue weighted by Crippen LogP contribution is -2.12. The van der Waals surface area contributed by atoms with Gasteiger partial charge >= 0.3 is 7.60 Å². The van der Waals surface area contributed by atoms with Crippen LogP contribution in [0.25, 0.3) is 0 Å². The molecule has 0 heterocycles. The van der Waals surface area contributed by atoms with Gasteiger partial charge in [0.2, 0.25) is 0 Å². The van der Waals surface area contributed by atoms with Crippen molar-refractivity contribution in [3.05, 3.63) is 0 Å². The second kappa shape index (κ2) is 5.40. The molecule has 0 spiro atoms. The minimum absolute atomic E-state index is 0.213. The molecule has 0 bridgehead atoms. The van der Waals surface area contributed by atoms with Gasteiger partial charge in [-0.25, -0.2) is 4.89 Å². The normalized spacial score (nSPS) is 14.2. The zero-order valence-corrected chi connectivity index (χ0v) is 7.28. The minimum atomic E-state index is -3.96. The first-order valence-corrected chi connectivity index (χ1v) is 5.14. The molecule has 1 atom stereocenters. The van der Waals surface area contributed by atoms with Gasteiger partial charge in [-0.1, -0.05) is 0 Å². The molecule has 0 amide bonds. The Labute approximate surface area is 69.8 Å². The van der Waals surface area contributed by atoms with Crippen LogP contribution in [0, 0.1) is 5.41 Å². The zero-order chi connectivity index (χ0) is 9.61. The van der Waals surface area contributed by atoms with Gasteiger partial charge < -0.3 is 15.2 Å². The number of rotatable bonds is 6. The molecule has 72 valence electrons. The van der Waals surface area contributed by atoms with Crippen LogP contribution < -0.4 is 0 Å². The van der Waals surface area contributed by atoms with Crippen molar-refractivity contribution >= 4 is 13.8 Å². The number of nitrogens with one attached hydrogen (secondary N) is 1. The van der Waals surface area contributed by atoms with Crippen LogP contribution in [0.2, 0.25) is 0 Å². The summed E-state index contributed by atoms with van der Waals surface area (Å²) in [4.78, 5) is 20.7. The maximum Gasteiger partial charge on any atom is 0.325 e. The molecule has 7 heteroatoms. The summed E-state index contributed by atoms with van der Waals surface area (Å²) >= 11 is 0. The van der Waals surface area contributed by atoms with Crippen molar-refractivity contribution in [2.24, 2.45) is 0 Å². The maximum absolute atomic E-state index is 10.3. The summed E-state index contributed by atoms with van der Waals surface area (Å²) in [5.41, 5.74) is 0. The smallest absolute Gasteiger partial charge is 0.324 e. The van der Waals surface area contributed by atoms with E-state index in [0.717, 1.165) is 6.21 Å². The fraction of sp³-hybridized carbons (Fsp3) is 0.800. The van der Waals surface area contributed by atoms with Gasteiger partial charge in [0.15, 0.2) is 0 Å². The van der Waals surface area contributed by atoms with Crippen LogP contribution in [-0.4, -0.2) is 33.5 Å². The van der Waals surface area contributed by atoms with E-state index in [2.05, 4.69) is 4.89 Å². The lowest BCUT2D eigenvalue weighted by Gasteiger charge is -2.07. The van der Waals surface area contributed by atoms with E-state index in [9.17, 15) is 4.57 Å². The second-order valence-electron chi connectivity index (χ2n) is 2.34. The van der Waals surface area contributed by atoms with Gasteiger partial charge in [0, 0.05) is 12.4 Å². The number of hydrogen-bond acceptors (Lipinski definition) is 4. The van der Waals surface area contributed by atoms with Crippen molar-refractivity contribution in [3.63, 3.8) is 0 Å². The molecule has 0 radical (unpaired) electrons. The fourth-order valence-electron chi connectivity index (χ4n) is 0.665. The Kier molecular flexibility index (Phi) is 5.28. The van der Waals surface area contributed by atoms with E-state index in [-0.39, 0.29) is 19.0 Å².